The van der Waals surface area contributed by atoms with Gasteiger partial charge in [-0.25, -0.2) is 0 Å². The van der Waals surface area contributed by atoms with Crippen molar-refractivity contribution >= 4 is 65.3 Å². The van der Waals surface area contributed by atoms with Crippen molar-refractivity contribution in [3.8, 4) is 12.1 Å². The summed E-state index contributed by atoms with van der Waals surface area (Å²) in [5, 5.41) is 19.3. The van der Waals surface area contributed by atoms with Gasteiger partial charge < -0.3 is 4.90 Å². The van der Waals surface area contributed by atoms with Crippen molar-refractivity contribution in [1.82, 2.24) is 4.98 Å². The van der Waals surface area contributed by atoms with Gasteiger partial charge >= 0.3 is 0 Å². The normalized spacial score (nSPS) is 11.3. The molecule has 0 radical (unpaired) electrons. The maximum atomic E-state index is 9.08. The second-order valence-electron chi connectivity index (χ2n) is 9.70. The number of hydrogen-bond acceptors (Lipinski definition) is 6. The van der Waals surface area contributed by atoms with Crippen LogP contribution in [0.4, 0.5) is 17.1 Å². The highest BCUT2D eigenvalue weighted by molar-refractivity contribution is 7.33. The first-order valence-corrected chi connectivity index (χ1v) is 13.2. The lowest BCUT2D eigenvalue weighted by Gasteiger charge is -2.26. The third-order valence-electron chi connectivity index (χ3n) is 6.08. The smallest absolute Gasteiger partial charge is 0.131 e. The van der Waals surface area contributed by atoms with Crippen molar-refractivity contribution < 1.29 is 0 Å². The Bertz CT molecular complexity index is 1670. The summed E-state index contributed by atoms with van der Waals surface area (Å²) in [7, 11) is 0. The van der Waals surface area contributed by atoms with Crippen molar-refractivity contribution in [2.24, 2.45) is 0 Å². The van der Waals surface area contributed by atoms with Gasteiger partial charge in [0, 0.05) is 36.7 Å². The van der Waals surface area contributed by atoms with Crippen LogP contribution in [-0.2, 0) is 5.41 Å². The predicted octanol–water partition coefficient (Wildman–Crippen LogP) is 9.02. The Kier molecular flexibility index (Phi) is 6.10. The number of rotatable bonds is 4. The molecule has 0 atom stereocenters. The topological polar surface area (TPSA) is 63.7 Å². The van der Waals surface area contributed by atoms with Crippen molar-refractivity contribution in [2.45, 2.75) is 33.1 Å². The Labute approximate surface area is 219 Å². The summed E-state index contributed by atoms with van der Waals surface area (Å²) in [4.78, 5) is 7.72. The summed E-state index contributed by atoms with van der Waals surface area (Å²) in [5.41, 5.74) is 5.65. The first kappa shape index (κ1) is 23.8. The largest absolute Gasteiger partial charge is 0.309 e. The number of aryl methyl sites for hydroxylation is 1. The highest BCUT2D eigenvalue weighted by Gasteiger charge is 2.18. The zero-order valence-corrected chi connectivity index (χ0v) is 22.2. The van der Waals surface area contributed by atoms with Crippen LogP contribution in [0.5, 0.6) is 0 Å². The molecule has 0 fully saturated rings. The predicted molar refractivity (Wildman–Crippen MR) is 152 cm³/mol. The fourth-order valence-electron chi connectivity index (χ4n) is 4.15. The molecule has 0 bridgehead atoms. The molecule has 5 aromatic rings. The van der Waals surface area contributed by atoms with Gasteiger partial charge in [0.1, 0.15) is 17.7 Å². The number of nitrogens with zero attached hydrogens (tertiary/aromatic N) is 4. The number of fused-ring (bicyclic) bond motifs is 3. The fraction of sp³-hybridized carbons (Fsp3) is 0.167. The highest BCUT2D eigenvalue weighted by Crippen LogP contribution is 2.43. The van der Waals surface area contributed by atoms with Gasteiger partial charge in [-0.15, -0.1) is 22.7 Å². The van der Waals surface area contributed by atoms with E-state index in [2.05, 4.69) is 85.3 Å². The number of aromatic nitrogens is 1. The molecule has 3 heterocycles. The molecule has 6 heteroatoms. The van der Waals surface area contributed by atoms with Gasteiger partial charge in [-0.2, -0.15) is 10.5 Å². The van der Waals surface area contributed by atoms with Gasteiger partial charge in [-0.1, -0.05) is 39.0 Å². The van der Waals surface area contributed by atoms with Gasteiger partial charge in [-0.3, -0.25) is 4.98 Å². The van der Waals surface area contributed by atoms with E-state index in [1.807, 2.05) is 31.3 Å². The minimum Gasteiger partial charge on any atom is -0.309 e. The second kappa shape index (κ2) is 9.24. The molecular formula is C30H24N4S2. The standard InChI is InChI=1S/C30H24N4S2/c1-19-5-8-24(18-33-19)34(22-9-6-21(7-10-22)30(2,3)4)23-11-12-26-27(14-23)36-28-15-25(35-29(26)28)13-20(16-31)17-32/h5-15,18H,1-4H3. The van der Waals surface area contributed by atoms with E-state index >= 15 is 0 Å². The number of pyridine rings is 1. The lowest BCUT2D eigenvalue weighted by atomic mass is 9.87. The molecule has 4 nitrogen and oxygen atoms in total. The lowest BCUT2D eigenvalue weighted by Crippen LogP contribution is -2.13. The van der Waals surface area contributed by atoms with Crippen LogP contribution >= 0.6 is 22.7 Å². The molecule has 0 aliphatic carbocycles. The molecule has 36 heavy (non-hydrogen) atoms. The van der Waals surface area contributed by atoms with E-state index in [0.717, 1.165) is 32.3 Å². The molecule has 0 aliphatic rings. The summed E-state index contributed by atoms with van der Waals surface area (Å²) >= 11 is 3.34. The van der Waals surface area contributed by atoms with Crippen molar-refractivity contribution in [1.29, 1.82) is 10.5 Å². The van der Waals surface area contributed by atoms with E-state index in [9.17, 15) is 0 Å². The van der Waals surface area contributed by atoms with E-state index in [4.69, 9.17) is 10.5 Å². The Morgan fingerprint density at radius 2 is 1.56 bits per heavy atom. The van der Waals surface area contributed by atoms with Crippen LogP contribution in [0.1, 0.15) is 36.9 Å². The maximum absolute atomic E-state index is 9.08. The van der Waals surface area contributed by atoms with E-state index in [-0.39, 0.29) is 11.0 Å². The quantitative estimate of drug-likeness (QED) is 0.229. The van der Waals surface area contributed by atoms with Crippen LogP contribution in [0.25, 0.3) is 25.6 Å². The summed E-state index contributed by atoms with van der Waals surface area (Å²) in [6.07, 6.45) is 3.58. The van der Waals surface area contributed by atoms with Crippen LogP contribution in [0, 0.1) is 29.6 Å². The molecule has 3 aromatic heterocycles. The van der Waals surface area contributed by atoms with Crippen LogP contribution < -0.4 is 4.90 Å². The zero-order valence-electron chi connectivity index (χ0n) is 20.5. The first-order chi connectivity index (χ1) is 17.3. The minimum absolute atomic E-state index is 0.0890. The fourth-order valence-corrected chi connectivity index (χ4v) is 6.66. The maximum Gasteiger partial charge on any atom is 0.131 e. The van der Waals surface area contributed by atoms with Gasteiger partial charge in [0.05, 0.1) is 16.6 Å². The number of allylic oxidation sites excluding steroid dienone is 1. The molecule has 0 amide bonds. The Morgan fingerprint density at radius 1 is 0.861 bits per heavy atom. The number of hydrogen-bond donors (Lipinski definition) is 0. The third-order valence-corrected chi connectivity index (χ3v) is 8.42. The molecule has 0 N–H and O–H groups in total. The SMILES string of the molecule is Cc1ccc(N(c2ccc(C(C)(C)C)cc2)c2ccc3c(c2)sc2cc(C=C(C#N)C#N)sc23)cn1. The van der Waals surface area contributed by atoms with Crippen molar-refractivity contribution in [3.63, 3.8) is 0 Å². The molecule has 0 aliphatic heterocycles. The molecule has 2 aromatic carbocycles. The molecular weight excluding hydrogens is 480 g/mol. The van der Waals surface area contributed by atoms with Crippen LogP contribution in [-0.4, -0.2) is 4.98 Å². The van der Waals surface area contributed by atoms with Crippen molar-refractivity contribution in [3.05, 3.63) is 88.6 Å². The van der Waals surface area contributed by atoms with Gasteiger partial charge in [0.15, 0.2) is 0 Å². The van der Waals surface area contributed by atoms with Gasteiger partial charge in [0.25, 0.3) is 0 Å². The summed E-state index contributed by atoms with van der Waals surface area (Å²) in [6.45, 7) is 8.67. The second-order valence-corrected chi connectivity index (χ2v) is 11.9. The van der Waals surface area contributed by atoms with E-state index < -0.39 is 0 Å². The molecule has 0 spiro atoms. The average Bonchev–Trinajstić information content (AvgIpc) is 3.40. The van der Waals surface area contributed by atoms with Gasteiger partial charge in [-0.05, 0) is 66.4 Å². The third kappa shape index (κ3) is 4.50. The van der Waals surface area contributed by atoms with E-state index in [1.165, 1.54) is 20.3 Å². The molecule has 0 saturated heterocycles. The molecule has 0 saturated carbocycles. The number of nitriles is 2. The van der Waals surface area contributed by atoms with Crippen molar-refractivity contribution in [2.75, 3.05) is 4.90 Å². The van der Waals surface area contributed by atoms with E-state index in [0.29, 0.717) is 0 Å². The van der Waals surface area contributed by atoms with Crippen LogP contribution in [0.15, 0.2) is 72.4 Å². The number of benzene rings is 2. The minimum atomic E-state index is 0.0890. The van der Waals surface area contributed by atoms with Gasteiger partial charge in [0.2, 0.25) is 0 Å². The molecule has 0 unspecified atom stereocenters. The Hall–Kier alpha value is -3.97. The van der Waals surface area contributed by atoms with Crippen LogP contribution in [0.2, 0.25) is 0 Å². The number of anilines is 3. The van der Waals surface area contributed by atoms with E-state index in [1.54, 1.807) is 28.7 Å². The Balaban J connectivity index is 1.61. The summed E-state index contributed by atoms with van der Waals surface area (Å²) in [6, 6.07) is 25.4. The zero-order chi connectivity index (χ0) is 25.4. The molecule has 5 rings (SSSR count). The lowest BCUT2D eigenvalue weighted by molar-refractivity contribution is 0.590. The average molecular weight is 505 g/mol. The Morgan fingerprint density at radius 3 is 2.19 bits per heavy atom. The summed E-state index contributed by atoms with van der Waals surface area (Å²) in [5.74, 6) is 0. The highest BCUT2D eigenvalue weighted by atomic mass is 32.1. The number of thiophene rings is 2. The monoisotopic (exact) mass is 504 g/mol. The molecule has 176 valence electrons. The summed E-state index contributed by atoms with van der Waals surface area (Å²) < 4.78 is 3.54. The first-order valence-electron chi connectivity index (χ1n) is 11.6. The van der Waals surface area contributed by atoms with Crippen LogP contribution in [0.3, 0.4) is 0 Å².